The summed E-state index contributed by atoms with van der Waals surface area (Å²) in [5.74, 6) is -2.28. The van der Waals surface area contributed by atoms with Crippen molar-refractivity contribution in [1.29, 1.82) is 0 Å². The molecule has 3 nitrogen and oxygen atoms in total. The molecule has 0 aromatic carbocycles. The third-order valence-corrected chi connectivity index (χ3v) is 3.29. The van der Waals surface area contributed by atoms with Crippen LogP contribution in [0.1, 0.15) is 24.8 Å². The first-order valence-electron chi connectivity index (χ1n) is 6.11. The Labute approximate surface area is 100 Å². The van der Waals surface area contributed by atoms with Crippen molar-refractivity contribution in [3.8, 4) is 0 Å². The maximum atomic E-state index is 12.9. The van der Waals surface area contributed by atoms with E-state index in [9.17, 15) is 8.78 Å². The van der Waals surface area contributed by atoms with Crippen molar-refractivity contribution in [3.05, 3.63) is 18.0 Å². The minimum absolute atomic E-state index is 0.0485. The van der Waals surface area contributed by atoms with Gasteiger partial charge in [-0.3, -0.25) is 4.68 Å². The molecule has 17 heavy (non-hydrogen) atoms. The summed E-state index contributed by atoms with van der Waals surface area (Å²) in [4.78, 5) is 0. The fraction of sp³-hybridized carbons (Fsp3) is 0.750. The van der Waals surface area contributed by atoms with Crippen molar-refractivity contribution in [3.63, 3.8) is 0 Å². The Hall–Kier alpha value is -0.970. The van der Waals surface area contributed by atoms with E-state index in [0.29, 0.717) is 13.0 Å². The zero-order valence-corrected chi connectivity index (χ0v) is 10.1. The summed E-state index contributed by atoms with van der Waals surface area (Å²) < 4.78 is 27.6. The highest BCUT2D eigenvalue weighted by atomic mass is 19.3. The van der Waals surface area contributed by atoms with Crippen molar-refractivity contribution >= 4 is 0 Å². The predicted molar refractivity (Wildman–Crippen MR) is 62.1 cm³/mol. The van der Waals surface area contributed by atoms with E-state index in [1.165, 1.54) is 5.56 Å². The topological polar surface area (TPSA) is 29.9 Å². The van der Waals surface area contributed by atoms with Gasteiger partial charge in [0, 0.05) is 26.1 Å². The van der Waals surface area contributed by atoms with E-state index in [1.54, 1.807) is 4.68 Å². The van der Waals surface area contributed by atoms with E-state index < -0.39 is 5.92 Å². The molecule has 1 fully saturated rings. The van der Waals surface area contributed by atoms with Crippen LogP contribution in [0.3, 0.4) is 0 Å². The molecule has 1 unspecified atom stereocenters. The molecule has 1 aromatic rings. The second kappa shape index (κ2) is 5.12. The molecule has 1 N–H and O–H groups in total. The molecule has 1 atom stereocenters. The molecule has 96 valence electrons. The lowest BCUT2D eigenvalue weighted by atomic mass is 10.1. The van der Waals surface area contributed by atoms with Crippen LogP contribution < -0.4 is 5.32 Å². The van der Waals surface area contributed by atoms with Gasteiger partial charge in [-0.15, -0.1) is 0 Å². The number of nitrogens with zero attached hydrogens (tertiary/aromatic N) is 2. The number of nitrogens with one attached hydrogen (secondary N) is 1. The van der Waals surface area contributed by atoms with Crippen LogP contribution in [0.25, 0.3) is 0 Å². The standard InChI is InChI=1S/C12H19F2N3/c1-17-9-11(8-16-17)3-5-15-7-10-2-4-12(13,14)6-10/h8-10,15H,2-7H2,1H3. The van der Waals surface area contributed by atoms with Crippen LogP contribution >= 0.6 is 0 Å². The summed E-state index contributed by atoms with van der Waals surface area (Å²) in [7, 11) is 1.89. The van der Waals surface area contributed by atoms with Crippen molar-refractivity contribution in [2.75, 3.05) is 13.1 Å². The van der Waals surface area contributed by atoms with Crippen molar-refractivity contribution in [2.24, 2.45) is 13.0 Å². The minimum atomic E-state index is -2.42. The number of aromatic nitrogens is 2. The van der Waals surface area contributed by atoms with Crippen LogP contribution in [0, 0.1) is 5.92 Å². The van der Waals surface area contributed by atoms with Crippen LogP contribution in [0.4, 0.5) is 8.78 Å². The highest BCUT2D eigenvalue weighted by Gasteiger charge is 2.38. The second-order valence-electron chi connectivity index (χ2n) is 4.94. The van der Waals surface area contributed by atoms with E-state index in [1.807, 2.05) is 19.4 Å². The molecule has 1 aromatic heterocycles. The van der Waals surface area contributed by atoms with Crippen molar-refractivity contribution in [1.82, 2.24) is 15.1 Å². The summed E-state index contributed by atoms with van der Waals surface area (Å²) >= 11 is 0. The lowest BCUT2D eigenvalue weighted by molar-refractivity contribution is 0.00510. The maximum Gasteiger partial charge on any atom is 0.248 e. The summed E-state index contributed by atoms with van der Waals surface area (Å²) in [6.07, 6.45) is 5.47. The number of aryl methyl sites for hydroxylation is 1. The molecule has 0 spiro atoms. The van der Waals surface area contributed by atoms with Gasteiger partial charge in [0.1, 0.15) is 0 Å². The molecule has 1 aliphatic rings. The van der Waals surface area contributed by atoms with Crippen LogP contribution in [0.2, 0.25) is 0 Å². The van der Waals surface area contributed by atoms with Gasteiger partial charge < -0.3 is 5.32 Å². The third-order valence-electron chi connectivity index (χ3n) is 3.29. The Morgan fingerprint density at radius 2 is 2.41 bits per heavy atom. The number of alkyl halides is 2. The quantitative estimate of drug-likeness (QED) is 0.801. The van der Waals surface area contributed by atoms with Gasteiger partial charge in [-0.05, 0) is 37.4 Å². The highest BCUT2D eigenvalue weighted by Crippen LogP contribution is 2.38. The fourth-order valence-corrected chi connectivity index (χ4v) is 2.36. The molecular formula is C12H19F2N3. The first-order valence-corrected chi connectivity index (χ1v) is 6.11. The molecule has 1 heterocycles. The first kappa shape index (κ1) is 12.5. The maximum absolute atomic E-state index is 12.9. The van der Waals surface area contributed by atoms with Crippen LogP contribution in [-0.2, 0) is 13.5 Å². The number of hydrogen-bond acceptors (Lipinski definition) is 2. The Balaban J connectivity index is 1.61. The van der Waals surface area contributed by atoms with Crippen molar-refractivity contribution < 1.29 is 8.78 Å². The van der Waals surface area contributed by atoms with Crippen molar-refractivity contribution in [2.45, 2.75) is 31.6 Å². The molecule has 2 rings (SSSR count). The number of hydrogen-bond donors (Lipinski definition) is 1. The average molecular weight is 243 g/mol. The van der Waals surface area contributed by atoms with Gasteiger partial charge in [0.25, 0.3) is 0 Å². The molecule has 0 aliphatic heterocycles. The highest BCUT2D eigenvalue weighted by molar-refractivity contribution is 5.03. The number of halogens is 2. The van der Waals surface area contributed by atoms with E-state index >= 15 is 0 Å². The Morgan fingerprint density at radius 1 is 1.59 bits per heavy atom. The number of rotatable bonds is 5. The SMILES string of the molecule is Cn1cc(CCNCC2CCC(F)(F)C2)cn1. The summed E-state index contributed by atoms with van der Waals surface area (Å²) in [5, 5.41) is 7.33. The third kappa shape index (κ3) is 3.77. The van der Waals surface area contributed by atoms with Crippen LogP contribution in [0.5, 0.6) is 0 Å². The minimum Gasteiger partial charge on any atom is -0.316 e. The molecule has 0 bridgehead atoms. The summed E-state index contributed by atoms with van der Waals surface area (Å²) in [5.41, 5.74) is 1.18. The lowest BCUT2D eigenvalue weighted by Gasteiger charge is -2.11. The smallest absolute Gasteiger partial charge is 0.248 e. The van der Waals surface area contributed by atoms with E-state index in [-0.39, 0.29) is 18.8 Å². The molecule has 1 saturated carbocycles. The van der Waals surface area contributed by atoms with Crippen LogP contribution in [0.15, 0.2) is 12.4 Å². The normalized spacial score (nSPS) is 23.1. The monoisotopic (exact) mass is 243 g/mol. The Kier molecular flexibility index (Phi) is 3.76. The summed E-state index contributed by atoms with van der Waals surface area (Å²) in [6, 6.07) is 0. The summed E-state index contributed by atoms with van der Waals surface area (Å²) in [6.45, 7) is 1.53. The fourth-order valence-electron chi connectivity index (χ4n) is 2.36. The molecule has 5 heteroatoms. The van der Waals surface area contributed by atoms with Gasteiger partial charge in [0.15, 0.2) is 0 Å². The zero-order valence-electron chi connectivity index (χ0n) is 10.1. The molecule has 0 saturated heterocycles. The van der Waals surface area contributed by atoms with Gasteiger partial charge >= 0.3 is 0 Å². The molecular weight excluding hydrogens is 224 g/mol. The van der Waals surface area contributed by atoms with E-state index in [2.05, 4.69) is 10.4 Å². The van der Waals surface area contributed by atoms with Gasteiger partial charge in [0.2, 0.25) is 5.92 Å². The average Bonchev–Trinajstić information content (AvgIpc) is 2.80. The van der Waals surface area contributed by atoms with Gasteiger partial charge in [-0.2, -0.15) is 5.10 Å². The lowest BCUT2D eigenvalue weighted by Crippen LogP contribution is -2.24. The first-order chi connectivity index (χ1) is 8.05. The molecule has 0 amide bonds. The Bertz CT molecular complexity index is 362. The largest absolute Gasteiger partial charge is 0.316 e. The van der Waals surface area contributed by atoms with Gasteiger partial charge in [0.05, 0.1) is 6.20 Å². The molecule has 0 radical (unpaired) electrons. The molecule has 1 aliphatic carbocycles. The van der Waals surface area contributed by atoms with E-state index in [0.717, 1.165) is 13.0 Å². The van der Waals surface area contributed by atoms with Crippen LogP contribution in [-0.4, -0.2) is 28.8 Å². The predicted octanol–water partition coefficient (Wildman–Crippen LogP) is 1.99. The van der Waals surface area contributed by atoms with E-state index in [4.69, 9.17) is 0 Å². The zero-order chi connectivity index (χ0) is 12.3. The van der Waals surface area contributed by atoms with Gasteiger partial charge in [-0.1, -0.05) is 0 Å². The van der Waals surface area contributed by atoms with Gasteiger partial charge in [-0.25, -0.2) is 8.78 Å². The Morgan fingerprint density at radius 3 is 3.00 bits per heavy atom. The second-order valence-corrected chi connectivity index (χ2v) is 4.94.